The molecule has 1 aromatic heterocycles. The summed E-state index contributed by atoms with van der Waals surface area (Å²) >= 11 is 27.4. The minimum Gasteiger partial charge on any atom is -0.436 e. The Morgan fingerprint density at radius 1 is 1.00 bits per heavy atom. The van der Waals surface area contributed by atoms with Gasteiger partial charge in [0.2, 0.25) is 5.88 Å². The van der Waals surface area contributed by atoms with E-state index in [4.69, 9.17) is 51.1 Å². The molecule has 0 amide bonds. The highest BCUT2D eigenvalue weighted by Crippen LogP contribution is 2.39. The van der Waals surface area contributed by atoms with Crippen LogP contribution in [0.15, 0.2) is 22.7 Å². The predicted molar refractivity (Wildman–Crippen MR) is 88.0 cm³/mol. The zero-order chi connectivity index (χ0) is 14.9. The van der Waals surface area contributed by atoms with Gasteiger partial charge in [-0.2, -0.15) is 4.98 Å². The molecule has 0 fully saturated rings. The average Bonchev–Trinajstić information content (AvgIpc) is 2.38. The molecule has 0 unspecified atom stereocenters. The Labute approximate surface area is 144 Å². The molecule has 0 atom stereocenters. The van der Waals surface area contributed by atoms with Gasteiger partial charge < -0.3 is 10.1 Å². The second kappa shape index (κ2) is 6.58. The first kappa shape index (κ1) is 16.0. The Morgan fingerprint density at radius 2 is 1.70 bits per heavy atom. The first-order valence-electron chi connectivity index (χ1n) is 5.28. The number of ether oxygens (including phenoxy) is 1. The molecule has 0 saturated carbocycles. The van der Waals surface area contributed by atoms with Crippen molar-refractivity contribution in [2.75, 3.05) is 12.4 Å². The van der Waals surface area contributed by atoms with Crippen LogP contribution in [0, 0.1) is 0 Å². The summed E-state index contributed by atoms with van der Waals surface area (Å²) in [6.07, 6.45) is 0. The van der Waals surface area contributed by atoms with Crippen LogP contribution >= 0.6 is 62.3 Å². The molecule has 0 aliphatic rings. The molecular weight excluding hydrogens is 410 g/mol. The molecule has 1 N–H and O–H groups in total. The molecule has 20 heavy (non-hydrogen) atoms. The summed E-state index contributed by atoms with van der Waals surface area (Å²) in [7, 11) is 1.69. The second-order valence-corrected chi connectivity index (χ2v) is 6.14. The monoisotopic (exact) mass is 414 g/mol. The summed E-state index contributed by atoms with van der Waals surface area (Å²) in [5.41, 5.74) is 0. The number of rotatable bonds is 3. The summed E-state index contributed by atoms with van der Waals surface area (Å²) < 4.78 is 6.26. The zero-order valence-corrected chi connectivity index (χ0v) is 14.6. The van der Waals surface area contributed by atoms with E-state index in [1.165, 1.54) is 6.07 Å². The first-order valence-corrected chi connectivity index (χ1v) is 7.59. The van der Waals surface area contributed by atoms with Gasteiger partial charge in [0.1, 0.15) is 16.6 Å². The first-order chi connectivity index (χ1) is 9.42. The minimum atomic E-state index is 0.181. The average molecular weight is 417 g/mol. The second-order valence-electron chi connectivity index (χ2n) is 3.65. The lowest BCUT2D eigenvalue weighted by Gasteiger charge is -2.11. The number of aromatic nitrogens is 1. The molecule has 0 radical (unpaired) electrons. The fourth-order valence-corrected chi connectivity index (χ4v) is 2.71. The third kappa shape index (κ3) is 3.43. The van der Waals surface area contributed by atoms with Gasteiger partial charge in [0.15, 0.2) is 0 Å². The maximum Gasteiger partial charge on any atom is 0.240 e. The Morgan fingerprint density at radius 3 is 2.35 bits per heavy atom. The van der Waals surface area contributed by atoms with Crippen molar-refractivity contribution in [3.05, 3.63) is 42.8 Å². The maximum atomic E-state index is 6.08. The summed E-state index contributed by atoms with van der Waals surface area (Å²) in [4.78, 5) is 4.17. The van der Waals surface area contributed by atoms with Gasteiger partial charge in [-0.15, -0.1) is 0 Å². The van der Waals surface area contributed by atoms with Gasteiger partial charge in [0.05, 0.1) is 15.1 Å². The van der Waals surface area contributed by atoms with E-state index in [2.05, 4.69) is 26.2 Å². The van der Waals surface area contributed by atoms with Crippen molar-refractivity contribution in [1.82, 2.24) is 4.98 Å². The lowest BCUT2D eigenvalue weighted by Crippen LogP contribution is -1.97. The third-order valence-electron chi connectivity index (χ3n) is 2.32. The van der Waals surface area contributed by atoms with Crippen molar-refractivity contribution >= 4 is 68.2 Å². The van der Waals surface area contributed by atoms with E-state index in [9.17, 15) is 0 Å². The Bertz CT molecular complexity index is 666. The number of nitrogens with zero attached hydrogens (tertiary/aromatic N) is 1. The van der Waals surface area contributed by atoms with Gasteiger partial charge in [-0.25, -0.2) is 0 Å². The molecule has 0 saturated heterocycles. The summed E-state index contributed by atoms with van der Waals surface area (Å²) in [6, 6.07) is 4.73. The van der Waals surface area contributed by atoms with Crippen LogP contribution in [0.4, 0.5) is 5.82 Å². The molecule has 0 spiro atoms. The fraction of sp³-hybridized carbons (Fsp3) is 0.0833. The topological polar surface area (TPSA) is 34.2 Å². The Kier molecular flexibility index (Phi) is 5.26. The lowest BCUT2D eigenvalue weighted by molar-refractivity contribution is 0.464. The quantitative estimate of drug-likeness (QED) is 0.597. The van der Waals surface area contributed by atoms with Crippen molar-refractivity contribution in [2.24, 2.45) is 0 Å². The smallest absolute Gasteiger partial charge is 0.240 e. The zero-order valence-electron chi connectivity index (χ0n) is 9.98. The Balaban J connectivity index is 2.42. The molecular formula is C12H7BrCl4N2O. The number of hydrogen-bond donors (Lipinski definition) is 1. The van der Waals surface area contributed by atoms with Gasteiger partial charge in [-0.1, -0.05) is 46.4 Å². The standard InChI is InChI=1S/C12H7BrCl4N2O/c1-18-11-8(16)3-9(17)12(19-11)20-10-4-6(14)5(13)2-7(10)15/h2-4H,1H3,(H,18,19). The van der Waals surface area contributed by atoms with E-state index in [0.29, 0.717) is 31.1 Å². The van der Waals surface area contributed by atoms with Gasteiger partial charge in [0, 0.05) is 17.6 Å². The summed E-state index contributed by atoms with van der Waals surface area (Å²) in [6.45, 7) is 0. The highest BCUT2D eigenvalue weighted by Gasteiger charge is 2.13. The van der Waals surface area contributed by atoms with E-state index < -0.39 is 0 Å². The van der Waals surface area contributed by atoms with Crippen LogP contribution in [0.25, 0.3) is 0 Å². The van der Waals surface area contributed by atoms with Gasteiger partial charge in [0.25, 0.3) is 0 Å². The summed E-state index contributed by atoms with van der Waals surface area (Å²) in [5.74, 6) is 0.977. The van der Waals surface area contributed by atoms with E-state index >= 15 is 0 Å². The number of hydrogen-bond acceptors (Lipinski definition) is 3. The number of anilines is 1. The van der Waals surface area contributed by atoms with Crippen LogP contribution < -0.4 is 10.1 Å². The van der Waals surface area contributed by atoms with Crippen LogP contribution in [0.1, 0.15) is 0 Å². The highest BCUT2D eigenvalue weighted by molar-refractivity contribution is 9.10. The number of nitrogens with one attached hydrogen (secondary N) is 1. The van der Waals surface area contributed by atoms with Crippen LogP contribution in [-0.2, 0) is 0 Å². The van der Waals surface area contributed by atoms with Crippen molar-refractivity contribution in [2.45, 2.75) is 0 Å². The number of pyridine rings is 1. The molecule has 1 aromatic carbocycles. The maximum absolute atomic E-state index is 6.08. The lowest BCUT2D eigenvalue weighted by atomic mass is 10.3. The van der Waals surface area contributed by atoms with Crippen LogP contribution in [0.2, 0.25) is 20.1 Å². The molecule has 106 valence electrons. The molecule has 0 aliphatic carbocycles. The molecule has 3 nitrogen and oxygen atoms in total. The number of halogens is 5. The molecule has 2 rings (SSSR count). The normalized spacial score (nSPS) is 10.5. The summed E-state index contributed by atoms with van der Waals surface area (Å²) in [5, 5.41) is 4.33. The molecule has 1 heterocycles. The number of benzene rings is 1. The van der Waals surface area contributed by atoms with E-state index in [0.717, 1.165) is 0 Å². The predicted octanol–water partition coefficient (Wildman–Crippen LogP) is 6.29. The van der Waals surface area contributed by atoms with E-state index in [1.54, 1.807) is 19.2 Å². The Hall–Kier alpha value is -0.390. The van der Waals surface area contributed by atoms with Crippen molar-refractivity contribution in [1.29, 1.82) is 0 Å². The molecule has 8 heteroatoms. The molecule has 0 bridgehead atoms. The van der Waals surface area contributed by atoms with Crippen LogP contribution in [-0.4, -0.2) is 12.0 Å². The van der Waals surface area contributed by atoms with E-state index in [1.807, 2.05) is 0 Å². The van der Waals surface area contributed by atoms with Gasteiger partial charge in [-0.05, 0) is 28.1 Å². The van der Waals surface area contributed by atoms with Gasteiger partial charge >= 0.3 is 0 Å². The van der Waals surface area contributed by atoms with Crippen molar-refractivity contribution < 1.29 is 4.74 Å². The molecule has 0 aliphatic heterocycles. The fourth-order valence-electron chi connectivity index (χ4n) is 1.38. The van der Waals surface area contributed by atoms with E-state index in [-0.39, 0.29) is 10.9 Å². The largest absolute Gasteiger partial charge is 0.436 e. The van der Waals surface area contributed by atoms with Crippen molar-refractivity contribution in [3.8, 4) is 11.6 Å². The van der Waals surface area contributed by atoms with Crippen LogP contribution in [0.3, 0.4) is 0 Å². The van der Waals surface area contributed by atoms with Crippen molar-refractivity contribution in [3.63, 3.8) is 0 Å². The minimum absolute atomic E-state index is 0.181. The third-order valence-corrected chi connectivity index (χ3v) is 4.37. The molecule has 2 aromatic rings. The highest BCUT2D eigenvalue weighted by atomic mass is 79.9. The SMILES string of the molecule is CNc1nc(Oc2cc(Cl)c(Br)cc2Cl)c(Cl)cc1Cl. The van der Waals surface area contributed by atoms with Crippen LogP contribution in [0.5, 0.6) is 11.6 Å². The van der Waals surface area contributed by atoms with Gasteiger partial charge in [-0.3, -0.25) is 0 Å².